The number of rotatable bonds is 4. The minimum atomic E-state index is -0.645. The van der Waals surface area contributed by atoms with E-state index in [4.69, 9.17) is 0 Å². The Hall–Kier alpha value is -3.59. The van der Waals surface area contributed by atoms with Crippen molar-refractivity contribution in [1.29, 1.82) is 0 Å². The maximum Gasteiger partial charge on any atom is 0.229 e. The molecule has 0 bridgehead atoms. The van der Waals surface area contributed by atoms with Gasteiger partial charge in [-0.15, -0.1) is 0 Å². The number of anilines is 3. The van der Waals surface area contributed by atoms with Crippen LogP contribution in [0.25, 0.3) is 16.7 Å². The Morgan fingerprint density at radius 1 is 0.969 bits per heavy atom. The summed E-state index contributed by atoms with van der Waals surface area (Å²) in [5.41, 5.74) is 1.65. The van der Waals surface area contributed by atoms with Crippen molar-refractivity contribution in [1.82, 2.24) is 24.8 Å². The van der Waals surface area contributed by atoms with Gasteiger partial charge in [0.1, 0.15) is 23.1 Å². The molecule has 5 rings (SSSR count). The first kappa shape index (κ1) is 20.3. The number of pyridine rings is 1. The van der Waals surface area contributed by atoms with E-state index >= 15 is 0 Å². The highest BCUT2D eigenvalue weighted by atomic mass is 19.1. The van der Waals surface area contributed by atoms with Crippen LogP contribution in [-0.4, -0.2) is 44.7 Å². The van der Waals surface area contributed by atoms with Crippen molar-refractivity contribution in [2.45, 2.75) is 25.9 Å². The van der Waals surface area contributed by atoms with E-state index in [0.29, 0.717) is 29.4 Å². The molecule has 0 spiro atoms. The standard InChI is InChI=1S/C23H23F2N7/c1-14-12-31(13-15(2)28-14)21-4-3-19(11-26-21)29-23-27-10-16-5-6-32(22(16)30-23)20-8-17(24)7-18(25)9-20/h3-11,14-15,28H,12-13H2,1-2H3,(H,27,29,30). The molecule has 1 aliphatic heterocycles. The van der Waals surface area contributed by atoms with Gasteiger partial charge in [-0.2, -0.15) is 4.98 Å². The summed E-state index contributed by atoms with van der Waals surface area (Å²) < 4.78 is 29.0. The second-order valence-corrected chi connectivity index (χ2v) is 8.19. The first-order chi connectivity index (χ1) is 15.4. The largest absolute Gasteiger partial charge is 0.354 e. The fourth-order valence-corrected chi connectivity index (χ4v) is 4.16. The van der Waals surface area contributed by atoms with Crippen molar-refractivity contribution in [3.8, 4) is 5.69 Å². The molecule has 4 aromatic rings. The van der Waals surface area contributed by atoms with Gasteiger partial charge in [-0.1, -0.05) is 0 Å². The Bertz CT molecular complexity index is 1220. The van der Waals surface area contributed by atoms with Gasteiger partial charge in [-0.3, -0.25) is 0 Å². The number of hydrogen-bond donors (Lipinski definition) is 2. The number of fused-ring (bicyclic) bond motifs is 1. The molecule has 4 heterocycles. The molecular weight excluding hydrogens is 412 g/mol. The zero-order valence-corrected chi connectivity index (χ0v) is 17.8. The predicted octanol–water partition coefficient (Wildman–Crippen LogP) is 4.02. The average molecular weight is 435 g/mol. The number of aromatic nitrogens is 4. The fourth-order valence-electron chi connectivity index (χ4n) is 4.16. The molecule has 3 aromatic heterocycles. The lowest BCUT2D eigenvalue weighted by atomic mass is 10.1. The molecule has 0 radical (unpaired) electrons. The van der Waals surface area contributed by atoms with Crippen LogP contribution in [0.1, 0.15) is 13.8 Å². The lowest BCUT2D eigenvalue weighted by Crippen LogP contribution is -2.54. The molecule has 1 saturated heterocycles. The van der Waals surface area contributed by atoms with Crippen LogP contribution in [0.2, 0.25) is 0 Å². The highest BCUT2D eigenvalue weighted by molar-refractivity contribution is 5.78. The zero-order valence-electron chi connectivity index (χ0n) is 17.8. The second-order valence-electron chi connectivity index (χ2n) is 8.19. The van der Waals surface area contributed by atoms with Gasteiger partial charge in [-0.25, -0.2) is 18.7 Å². The van der Waals surface area contributed by atoms with E-state index in [2.05, 4.69) is 44.3 Å². The van der Waals surface area contributed by atoms with Gasteiger partial charge in [-0.05, 0) is 44.2 Å². The van der Waals surface area contributed by atoms with Crippen LogP contribution in [0.3, 0.4) is 0 Å². The molecule has 0 amide bonds. The number of benzene rings is 1. The van der Waals surface area contributed by atoms with E-state index in [9.17, 15) is 8.78 Å². The summed E-state index contributed by atoms with van der Waals surface area (Å²) in [6.45, 7) is 6.14. The van der Waals surface area contributed by atoms with Crippen molar-refractivity contribution in [2.24, 2.45) is 0 Å². The van der Waals surface area contributed by atoms with Gasteiger partial charge in [0, 0.05) is 49.0 Å². The van der Waals surface area contributed by atoms with Crippen LogP contribution < -0.4 is 15.5 Å². The summed E-state index contributed by atoms with van der Waals surface area (Å²) in [6.07, 6.45) is 5.13. The summed E-state index contributed by atoms with van der Waals surface area (Å²) in [6, 6.07) is 9.89. The van der Waals surface area contributed by atoms with Crippen molar-refractivity contribution < 1.29 is 8.78 Å². The van der Waals surface area contributed by atoms with E-state index in [-0.39, 0.29) is 0 Å². The smallest absolute Gasteiger partial charge is 0.229 e. The number of halogens is 2. The minimum absolute atomic E-state index is 0.354. The molecular formula is C23H23F2N7. The first-order valence-corrected chi connectivity index (χ1v) is 10.5. The quantitative estimate of drug-likeness (QED) is 0.505. The molecule has 2 atom stereocenters. The summed E-state index contributed by atoms with van der Waals surface area (Å²) in [5, 5.41) is 7.43. The van der Waals surface area contributed by atoms with Crippen molar-refractivity contribution in [3.63, 3.8) is 0 Å². The third-order valence-electron chi connectivity index (χ3n) is 5.44. The van der Waals surface area contributed by atoms with E-state index in [1.54, 1.807) is 29.2 Å². The molecule has 1 aliphatic rings. The number of nitrogens with one attached hydrogen (secondary N) is 2. The number of nitrogens with zero attached hydrogens (tertiary/aromatic N) is 5. The van der Waals surface area contributed by atoms with E-state index in [0.717, 1.165) is 36.0 Å². The second kappa shape index (κ2) is 8.16. The van der Waals surface area contributed by atoms with Crippen LogP contribution in [0.4, 0.5) is 26.2 Å². The molecule has 2 N–H and O–H groups in total. The van der Waals surface area contributed by atoms with Gasteiger partial charge < -0.3 is 20.1 Å². The molecule has 2 unspecified atom stereocenters. The Morgan fingerprint density at radius 3 is 2.41 bits per heavy atom. The van der Waals surface area contributed by atoms with Crippen LogP contribution in [0.15, 0.2) is 55.0 Å². The third kappa shape index (κ3) is 4.11. The molecule has 32 heavy (non-hydrogen) atoms. The fraction of sp³-hybridized carbons (Fsp3) is 0.261. The summed E-state index contributed by atoms with van der Waals surface area (Å²) in [5.74, 6) is 0.00445. The van der Waals surface area contributed by atoms with Gasteiger partial charge in [0.05, 0.1) is 17.6 Å². The zero-order chi connectivity index (χ0) is 22.2. The van der Waals surface area contributed by atoms with E-state index in [1.807, 2.05) is 12.1 Å². The molecule has 0 saturated carbocycles. The summed E-state index contributed by atoms with van der Waals surface area (Å²) in [7, 11) is 0. The van der Waals surface area contributed by atoms with Crippen molar-refractivity contribution in [2.75, 3.05) is 23.3 Å². The molecule has 0 aliphatic carbocycles. The molecule has 7 nitrogen and oxygen atoms in total. The molecule has 1 aromatic carbocycles. The summed E-state index contributed by atoms with van der Waals surface area (Å²) >= 11 is 0. The lowest BCUT2D eigenvalue weighted by molar-refractivity contribution is 0.405. The summed E-state index contributed by atoms with van der Waals surface area (Å²) in [4.78, 5) is 15.8. The van der Waals surface area contributed by atoms with Gasteiger partial charge >= 0.3 is 0 Å². The Morgan fingerprint density at radius 2 is 1.72 bits per heavy atom. The monoisotopic (exact) mass is 435 g/mol. The first-order valence-electron chi connectivity index (χ1n) is 10.5. The minimum Gasteiger partial charge on any atom is -0.354 e. The van der Waals surface area contributed by atoms with Crippen molar-refractivity contribution >= 4 is 28.5 Å². The molecule has 9 heteroatoms. The van der Waals surface area contributed by atoms with E-state index in [1.165, 1.54) is 12.1 Å². The topological polar surface area (TPSA) is 70.9 Å². The normalized spacial score (nSPS) is 18.8. The maximum atomic E-state index is 13.7. The number of hydrogen-bond acceptors (Lipinski definition) is 6. The molecule has 164 valence electrons. The van der Waals surface area contributed by atoms with Gasteiger partial charge in [0.15, 0.2) is 0 Å². The van der Waals surface area contributed by atoms with E-state index < -0.39 is 11.6 Å². The van der Waals surface area contributed by atoms with Crippen LogP contribution in [0, 0.1) is 11.6 Å². The molecule has 1 fully saturated rings. The Labute approximate surface area is 184 Å². The highest BCUT2D eigenvalue weighted by Crippen LogP contribution is 2.23. The Kier molecular flexibility index (Phi) is 5.18. The SMILES string of the molecule is CC1CN(c2ccc(Nc3ncc4ccn(-c5cc(F)cc(F)c5)c4n3)cn2)CC(C)N1. The van der Waals surface area contributed by atoms with Gasteiger partial charge in [0.2, 0.25) is 5.95 Å². The van der Waals surface area contributed by atoms with Gasteiger partial charge in [0.25, 0.3) is 0 Å². The van der Waals surface area contributed by atoms with Crippen LogP contribution >= 0.6 is 0 Å². The van der Waals surface area contributed by atoms with Crippen molar-refractivity contribution in [3.05, 3.63) is 66.6 Å². The van der Waals surface area contributed by atoms with Crippen LogP contribution in [0.5, 0.6) is 0 Å². The Balaban J connectivity index is 1.38. The lowest BCUT2D eigenvalue weighted by Gasteiger charge is -2.36. The third-order valence-corrected chi connectivity index (χ3v) is 5.44. The average Bonchev–Trinajstić information content (AvgIpc) is 3.16. The predicted molar refractivity (Wildman–Crippen MR) is 121 cm³/mol. The van der Waals surface area contributed by atoms with Crippen LogP contribution in [-0.2, 0) is 0 Å². The number of piperazine rings is 1. The highest BCUT2D eigenvalue weighted by Gasteiger charge is 2.21. The maximum absolute atomic E-state index is 13.7.